The molecule has 0 amide bonds. The van der Waals surface area contributed by atoms with Crippen LogP contribution in [0.5, 0.6) is 11.5 Å². The topological polar surface area (TPSA) is 54.3 Å². The van der Waals surface area contributed by atoms with Crippen LogP contribution >= 0.6 is 11.6 Å². The van der Waals surface area contributed by atoms with Gasteiger partial charge >= 0.3 is 0 Å². The van der Waals surface area contributed by atoms with Crippen LogP contribution in [0.2, 0.25) is 5.02 Å². The second-order valence-corrected chi connectivity index (χ2v) is 4.37. The van der Waals surface area contributed by atoms with E-state index in [9.17, 15) is 5.26 Å². The molecule has 2 rings (SSSR count). The van der Waals surface area contributed by atoms with Crippen molar-refractivity contribution in [2.75, 3.05) is 19.5 Å². The number of halogens is 1. The molecule has 0 unspecified atom stereocenters. The Labute approximate surface area is 122 Å². The van der Waals surface area contributed by atoms with E-state index in [2.05, 4.69) is 11.4 Å². The summed E-state index contributed by atoms with van der Waals surface area (Å²) in [6.07, 6.45) is 0. The molecule has 4 nitrogen and oxygen atoms in total. The molecular weight excluding hydrogens is 276 g/mol. The number of nitrogens with zero attached hydrogens (tertiary/aromatic N) is 1. The molecule has 5 heteroatoms. The minimum atomic E-state index is 0.388. The zero-order valence-electron chi connectivity index (χ0n) is 11.1. The first kappa shape index (κ1) is 14.0. The first-order chi connectivity index (χ1) is 9.69. The highest BCUT2D eigenvalue weighted by Crippen LogP contribution is 2.33. The number of hydrogen-bond donors (Lipinski definition) is 1. The minimum absolute atomic E-state index is 0.388. The Morgan fingerprint density at radius 2 is 1.90 bits per heavy atom. The predicted octanol–water partition coefficient (Wildman–Crippen LogP) is 3.97. The van der Waals surface area contributed by atoms with Gasteiger partial charge in [-0.05, 0) is 24.3 Å². The molecule has 0 saturated carbocycles. The van der Waals surface area contributed by atoms with Crippen molar-refractivity contribution in [3.05, 3.63) is 47.0 Å². The summed E-state index contributed by atoms with van der Waals surface area (Å²) in [5.41, 5.74) is 1.70. The highest BCUT2D eigenvalue weighted by atomic mass is 35.5. The van der Waals surface area contributed by atoms with Crippen LogP contribution in [-0.4, -0.2) is 14.2 Å². The van der Waals surface area contributed by atoms with E-state index in [1.54, 1.807) is 50.6 Å². The largest absolute Gasteiger partial charge is 0.497 e. The molecule has 0 aliphatic heterocycles. The molecule has 0 atom stereocenters. The van der Waals surface area contributed by atoms with Gasteiger partial charge in [-0.1, -0.05) is 17.7 Å². The van der Waals surface area contributed by atoms with Crippen LogP contribution < -0.4 is 14.8 Å². The van der Waals surface area contributed by atoms with Crippen molar-refractivity contribution in [3.63, 3.8) is 0 Å². The summed E-state index contributed by atoms with van der Waals surface area (Å²) in [5, 5.41) is 12.7. The SMILES string of the molecule is COc1ccc(OC)c(Nc2cccc(Cl)c2C#N)c1. The second kappa shape index (κ2) is 6.18. The minimum Gasteiger partial charge on any atom is -0.497 e. The van der Waals surface area contributed by atoms with Crippen molar-refractivity contribution in [1.82, 2.24) is 0 Å². The van der Waals surface area contributed by atoms with Gasteiger partial charge in [-0.15, -0.1) is 0 Å². The average Bonchev–Trinajstić information content (AvgIpc) is 2.47. The van der Waals surface area contributed by atoms with Gasteiger partial charge in [-0.3, -0.25) is 0 Å². The zero-order chi connectivity index (χ0) is 14.5. The molecule has 0 aliphatic carbocycles. The van der Waals surface area contributed by atoms with Gasteiger partial charge in [0.2, 0.25) is 0 Å². The maximum absolute atomic E-state index is 9.17. The lowest BCUT2D eigenvalue weighted by Crippen LogP contribution is -1.98. The Hall–Kier alpha value is -2.38. The maximum Gasteiger partial charge on any atom is 0.142 e. The second-order valence-electron chi connectivity index (χ2n) is 3.97. The van der Waals surface area contributed by atoms with E-state index >= 15 is 0 Å². The average molecular weight is 289 g/mol. The van der Waals surface area contributed by atoms with Gasteiger partial charge in [0.05, 0.1) is 36.2 Å². The zero-order valence-corrected chi connectivity index (χ0v) is 11.9. The van der Waals surface area contributed by atoms with Crippen molar-refractivity contribution in [1.29, 1.82) is 5.26 Å². The molecule has 2 aromatic carbocycles. The summed E-state index contributed by atoms with van der Waals surface area (Å²) < 4.78 is 10.5. The van der Waals surface area contributed by atoms with Gasteiger partial charge in [-0.25, -0.2) is 0 Å². The third kappa shape index (κ3) is 2.79. The van der Waals surface area contributed by atoms with E-state index in [1.807, 2.05) is 0 Å². The van der Waals surface area contributed by atoms with Crippen LogP contribution in [0.25, 0.3) is 0 Å². The maximum atomic E-state index is 9.17. The van der Waals surface area contributed by atoms with E-state index in [0.29, 0.717) is 33.5 Å². The van der Waals surface area contributed by atoms with Gasteiger partial charge in [-0.2, -0.15) is 5.26 Å². The molecule has 2 aromatic rings. The first-order valence-corrected chi connectivity index (χ1v) is 6.25. The third-order valence-corrected chi connectivity index (χ3v) is 3.12. The Bertz CT molecular complexity index is 665. The summed E-state index contributed by atoms with van der Waals surface area (Å²) in [7, 11) is 3.17. The number of nitrogens with one attached hydrogen (secondary N) is 1. The molecule has 1 N–H and O–H groups in total. The molecule has 0 fully saturated rings. The highest BCUT2D eigenvalue weighted by molar-refractivity contribution is 6.32. The van der Waals surface area contributed by atoms with Gasteiger partial charge in [0, 0.05) is 6.07 Å². The van der Waals surface area contributed by atoms with Gasteiger partial charge < -0.3 is 14.8 Å². The Balaban J connectivity index is 2.44. The van der Waals surface area contributed by atoms with E-state index in [1.165, 1.54) is 0 Å². The van der Waals surface area contributed by atoms with Crippen LogP contribution in [0.1, 0.15) is 5.56 Å². The highest BCUT2D eigenvalue weighted by Gasteiger charge is 2.10. The monoisotopic (exact) mass is 288 g/mol. The molecule has 0 radical (unpaired) electrons. The normalized spacial score (nSPS) is 9.70. The van der Waals surface area contributed by atoms with Crippen LogP contribution in [0.15, 0.2) is 36.4 Å². The lowest BCUT2D eigenvalue weighted by Gasteiger charge is -2.14. The number of nitriles is 1. The fourth-order valence-electron chi connectivity index (χ4n) is 1.80. The fraction of sp³-hybridized carbons (Fsp3) is 0.133. The van der Waals surface area contributed by atoms with Crippen molar-refractivity contribution in [3.8, 4) is 17.6 Å². The molecule has 0 bridgehead atoms. The van der Waals surface area contributed by atoms with Crippen molar-refractivity contribution in [2.45, 2.75) is 0 Å². The number of ether oxygens (including phenoxy) is 2. The Morgan fingerprint density at radius 1 is 1.10 bits per heavy atom. The van der Waals surface area contributed by atoms with Crippen molar-refractivity contribution in [2.24, 2.45) is 0 Å². The summed E-state index contributed by atoms with van der Waals surface area (Å²) in [5.74, 6) is 1.34. The van der Waals surface area contributed by atoms with Gasteiger partial charge in [0.15, 0.2) is 0 Å². The van der Waals surface area contributed by atoms with E-state index in [0.717, 1.165) is 0 Å². The molecule has 102 valence electrons. The number of rotatable bonds is 4. The predicted molar refractivity (Wildman–Crippen MR) is 79.0 cm³/mol. The van der Waals surface area contributed by atoms with E-state index < -0.39 is 0 Å². The van der Waals surface area contributed by atoms with Crippen LogP contribution in [0.3, 0.4) is 0 Å². The van der Waals surface area contributed by atoms with Gasteiger partial charge in [0.25, 0.3) is 0 Å². The van der Waals surface area contributed by atoms with E-state index in [4.69, 9.17) is 21.1 Å². The quantitative estimate of drug-likeness (QED) is 0.925. The summed E-state index contributed by atoms with van der Waals surface area (Å²) in [4.78, 5) is 0. The lowest BCUT2D eigenvalue weighted by atomic mass is 10.1. The number of anilines is 2. The first-order valence-electron chi connectivity index (χ1n) is 5.87. The van der Waals surface area contributed by atoms with Gasteiger partial charge in [0.1, 0.15) is 17.6 Å². The van der Waals surface area contributed by atoms with Crippen LogP contribution in [-0.2, 0) is 0 Å². The summed E-state index contributed by atoms with van der Waals surface area (Å²) in [6.45, 7) is 0. The lowest BCUT2D eigenvalue weighted by molar-refractivity contribution is 0.405. The van der Waals surface area contributed by atoms with E-state index in [-0.39, 0.29) is 0 Å². The molecule has 0 saturated heterocycles. The number of benzene rings is 2. The number of methoxy groups -OCH3 is 2. The molecule has 0 aliphatic rings. The number of hydrogen-bond acceptors (Lipinski definition) is 4. The van der Waals surface area contributed by atoms with Crippen LogP contribution in [0, 0.1) is 11.3 Å². The Morgan fingerprint density at radius 3 is 2.55 bits per heavy atom. The molecule has 20 heavy (non-hydrogen) atoms. The third-order valence-electron chi connectivity index (χ3n) is 2.80. The molecule has 0 spiro atoms. The van der Waals surface area contributed by atoms with Crippen molar-refractivity contribution < 1.29 is 9.47 Å². The van der Waals surface area contributed by atoms with Crippen LogP contribution in [0.4, 0.5) is 11.4 Å². The summed E-state index contributed by atoms with van der Waals surface area (Å²) >= 11 is 6.01. The summed E-state index contributed by atoms with van der Waals surface area (Å²) in [6, 6.07) is 12.7. The standard InChI is InChI=1S/C15H13ClN2O2/c1-19-10-6-7-15(20-2)14(8-10)18-13-5-3-4-12(16)11(13)9-17/h3-8,18H,1-2H3. The fourth-order valence-corrected chi connectivity index (χ4v) is 2.02. The molecular formula is C15H13ClN2O2. The molecule has 0 aromatic heterocycles. The van der Waals surface area contributed by atoms with Crippen molar-refractivity contribution >= 4 is 23.0 Å². The smallest absolute Gasteiger partial charge is 0.142 e. The molecule has 0 heterocycles. The Kier molecular flexibility index (Phi) is 4.34.